The van der Waals surface area contributed by atoms with Gasteiger partial charge in [0.2, 0.25) is 0 Å². The molecule has 4 aliphatic heterocycles. The molecule has 0 spiro atoms. The van der Waals surface area contributed by atoms with Gasteiger partial charge in [-0.15, -0.1) is 22.7 Å². The molecule has 2 aliphatic carbocycles. The van der Waals surface area contributed by atoms with Crippen LogP contribution < -0.4 is 51.0 Å². The van der Waals surface area contributed by atoms with E-state index in [9.17, 15) is 0 Å². The molecule has 556 valence electrons. The van der Waals surface area contributed by atoms with Crippen molar-refractivity contribution in [2.45, 2.75) is 196 Å². The molecule has 0 N–H and O–H groups in total. The standard InChI is InChI=1S/C104H102B2N4S2/c1-97(2,3)61-31-39-67(40-32-61)107-83-49-59-48-82-84(50-60(59)47-81(83)105-91-85(107)51-65(101(13,14)15)53-87(91)109(69-43-35-63(36-44-69)99(7,8)9)93-75-55-73-71-27-23-25-29-77(71)103(19,20)79(73)57-89(75)111-95(93)105)108(68-41-33-62(34-42-68)98(4,5)6)86-52-66(102(16,17)18)54-88-92(86)106(82)96-94(110(88)70-45-37-64(38-46-70)100(10,11)12)76-56-74-72-28-24-26-30-78(72)104(21,22)80(74)58-90(76)112-96/h23-58H,1-22H3. The zero-order valence-corrected chi connectivity index (χ0v) is 71.2. The second kappa shape index (κ2) is 23.4. The normalized spacial score (nSPS) is 15.6. The van der Waals surface area contributed by atoms with E-state index in [0.29, 0.717) is 0 Å². The van der Waals surface area contributed by atoms with Crippen molar-refractivity contribution in [3.8, 4) is 22.3 Å². The summed E-state index contributed by atoms with van der Waals surface area (Å²) in [5.41, 5.74) is 38.0. The van der Waals surface area contributed by atoms with Crippen LogP contribution in [0.15, 0.2) is 218 Å². The third-order valence-electron chi connectivity index (χ3n) is 26.5. The van der Waals surface area contributed by atoms with Crippen LogP contribution in [0.25, 0.3) is 53.2 Å². The largest absolute Gasteiger partial charge is 0.311 e. The van der Waals surface area contributed by atoms with Gasteiger partial charge in [-0.3, -0.25) is 0 Å². The predicted octanol–water partition coefficient (Wildman–Crippen LogP) is 25.8. The Morgan fingerprint density at radius 3 is 0.857 bits per heavy atom. The molecule has 8 heteroatoms. The third-order valence-corrected chi connectivity index (χ3v) is 28.9. The first-order chi connectivity index (χ1) is 52.8. The Kier molecular flexibility index (Phi) is 14.9. The number of rotatable bonds is 4. The molecular weight excluding hydrogens is 1390 g/mol. The molecule has 6 heterocycles. The second-order valence-corrected chi connectivity index (χ2v) is 42.8. The van der Waals surface area contributed by atoms with Gasteiger partial charge in [0, 0.05) is 97.4 Å². The highest BCUT2D eigenvalue weighted by Gasteiger charge is 2.51. The van der Waals surface area contributed by atoms with Crippen molar-refractivity contribution in [1.29, 1.82) is 0 Å². The fraction of sp³-hybridized carbons (Fsp3) is 0.288. The number of thiophene rings is 2. The first kappa shape index (κ1) is 71.2. The molecule has 12 aromatic carbocycles. The zero-order valence-electron chi connectivity index (χ0n) is 69.5. The lowest BCUT2D eigenvalue weighted by Crippen LogP contribution is -2.61. The molecule has 112 heavy (non-hydrogen) atoms. The molecule has 4 nitrogen and oxygen atoms in total. The van der Waals surface area contributed by atoms with E-state index in [4.69, 9.17) is 0 Å². The lowest BCUT2D eigenvalue weighted by Gasteiger charge is -2.45. The maximum absolute atomic E-state index is 2.70. The van der Waals surface area contributed by atoms with Crippen LogP contribution in [0, 0.1) is 0 Å². The van der Waals surface area contributed by atoms with Gasteiger partial charge in [-0.25, -0.2) is 0 Å². The highest BCUT2D eigenvalue weighted by atomic mass is 32.1. The molecule has 6 aliphatic rings. The van der Waals surface area contributed by atoms with E-state index in [2.05, 4.69) is 390 Å². The maximum atomic E-state index is 2.70. The Morgan fingerprint density at radius 2 is 0.554 bits per heavy atom. The first-order valence-electron chi connectivity index (χ1n) is 40.9. The molecule has 2 aromatic heterocycles. The van der Waals surface area contributed by atoms with Crippen molar-refractivity contribution >= 4 is 167 Å². The average molecular weight is 1490 g/mol. The summed E-state index contributed by atoms with van der Waals surface area (Å²) in [4.78, 5) is 10.8. The van der Waals surface area contributed by atoms with Gasteiger partial charge in [0.05, 0.1) is 11.4 Å². The smallest absolute Gasteiger partial charge is 0.264 e. The summed E-state index contributed by atoms with van der Waals surface area (Å²) in [6.45, 7) is 52.0. The van der Waals surface area contributed by atoms with E-state index >= 15 is 0 Å². The lowest BCUT2D eigenvalue weighted by molar-refractivity contribution is 0.589. The molecule has 0 saturated heterocycles. The van der Waals surface area contributed by atoms with Crippen molar-refractivity contribution in [3.05, 3.63) is 274 Å². The number of fused-ring (bicyclic) bond motifs is 19. The molecule has 14 aromatic rings. The van der Waals surface area contributed by atoms with Gasteiger partial charge in [-0.2, -0.15) is 0 Å². The summed E-state index contributed by atoms with van der Waals surface area (Å²) in [6.07, 6.45) is 0. The van der Waals surface area contributed by atoms with Crippen molar-refractivity contribution in [3.63, 3.8) is 0 Å². The molecule has 0 amide bonds. The van der Waals surface area contributed by atoms with Crippen molar-refractivity contribution in [2.24, 2.45) is 0 Å². The Balaban J connectivity index is 0.905. The topological polar surface area (TPSA) is 13.0 Å². The maximum Gasteiger partial charge on any atom is 0.264 e. The Labute approximate surface area is 673 Å². The van der Waals surface area contributed by atoms with Crippen molar-refractivity contribution < 1.29 is 0 Å². The monoisotopic (exact) mass is 1490 g/mol. The molecule has 0 atom stereocenters. The summed E-state index contributed by atoms with van der Waals surface area (Å²) in [6, 6.07) is 88.3. The number of hydrogen-bond donors (Lipinski definition) is 0. The van der Waals surface area contributed by atoms with Gasteiger partial charge in [0.1, 0.15) is 0 Å². The molecule has 0 unspecified atom stereocenters. The van der Waals surface area contributed by atoms with Gasteiger partial charge < -0.3 is 19.6 Å². The third kappa shape index (κ3) is 10.4. The molecule has 0 fully saturated rings. The fourth-order valence-corrected chi connectivity index (χ4v) is 22.7. The average Bonchev–Trinajstić information content (AvgIpc) is 1.38. The van der Waals surface area contributed by atoms with E-state index < -0.39 is 0 Å². The van der Waals surface area contributed by atoms with Gasteiger partial charge in [0.25, 0.3) is 13.4 Å². The molecular formula is C104H102B2N4S2. The molecule has 0 saturated carbocycles. The first-order valence-corrected chi connectivity index (χ1v) is 42.5. The van der Waals surface area contributed by atoms with Gasteiger partial charge in [0.15, 0.2) is 0 Å². The summed E-state index contributed by atoms with van der Waals surface area (Å²) in [7, 11) is 0. The molecule has 0 bridgehead atoms. The number of hydrogen-bond acceptors (Lipinski definition) is 6. The van der Waals surface area contributed by atoms with Gasteiger partial charge >= 0.3 is 0 Å². The van der Waals surface area contributed by atoms with Crippen molar-refractivity contribution in [1.82, 2.24) is 0 Å². The van der Waals surface area contributed by atoms with Crippen LogP contribution in [-0.2, 0) is 43.3 Å². The minimum absolute atomic E-state index is 0.0214. The summed E-state index contributed by atoms with van der Waals surface area (Å²) in [5.74, 6) is 0. The van der Waals surface area contributed by atoms with Crippen LogP contribution in [0.4, 0.5) is 68.2 Å². The minimum Gasteiger partial charge on any atom is -0.311 e. The zero-order chi connectivity index (χ0) is 78.3. The highest BCUT2D eigenvalue weighted by Crippen LogP contribution is 2.58. The SMILES string of the molecule is CC(C)(C)c1ccc(N2c3cc4cc5c(cc4cc3B3c4sc6cc7c(cc6c4N(c4ccc(C(C)(C)C)cc4)c4cc(C(C)(C)C)cc2c43)-c2ccccc2C7(C)C)N(c2ccc(C(C)(C)C)cc2)c2cc(C(C)(C)C)cc3c2B5c2sc4cc5c(cc4c2N3c2ccc(C(C)(C)C)cc2)-c2ccccc2C5(C)C)cc1. The van der Waals surface area contributed by atoms with Gasteiger partial charge in [-0.1, -0.05) is 262 Å². The molecule has 0 radical (unpaired) electrons. The number of nitrogens with zero attached hydrogens (tertiary/aromatic N) is 4. The predicted molar refractivity (Wildman–Crippen MR) is 490 cm³/mol. The summed E-state index contributed by atoms with van der Waals surface area (Å²) in [5, 5.41) is 5.08. The van der Waals surface area contributed by atoms with Crippen LogP contribution in [-0.4, -0.2) is 13.4 Å². The highest BCUT2D eigenvalue weighted by molar-refractivity contribution is 7.34. The fourth-order valence-electron chi connectivity index (χ4n) is 20.0. The van der Waals surface area contributed by atoms with Crippen LogP contribution in [0.3, 0.4) is 0 Å². The van der Waals surface area contributed by atoms with Crippen LogP contribution in [0.1, 0.15) is 208 Å². The number of benzene rings is 12. The number of anilines is 12. The van der Waals surface area contributed by atoms with E-state index in [1.807, 2.05) is 22.7 Å². The van der Waals surface area contributed by atoms with E-state index in [0.717, 1.165) is 11.4 Å². The molecule has 20 rings (SSSR count). The summed E-state index contributed by atoms with van der Waals surface area (Å²) >= 11 is 4.05. The van der Waals surface area contributed by atoms with Crippen molar-refractivity contribution in [2.75, 3.05) is 19.6 Å². The van der Waals surface area contributed by atoms with Crippen LogP contribution in [0.2, 0.25) is 0 Å². The second-order valence-electron chi connectivity index (χ2n) is 40.7. The lowest BCUT2D eigenvalue weighted by atomic mass is 9.35. The summed E-state index contributed by atoms with van der Waals surface area (Å²) < 4.78 is 5.43. The quantitative estimate of drug-likeness (QED) is 0.163. The van der Waals surface area contributed by atoms with Gasteiger partial charge in [-0.05, 0) is 252 Å². The van der Waals surface area contributed by atoms with Crippen LogP contribution in [0.5, 0.6) is 0 Å². The Hall–Kier alpha value is -9.85. The Bertz CT molecular complexity index is 5990. The Morgan fingerprint density at radius 1 is 0.268 bits per heavy atom. The van der Waals surface area contributed by atoms with E-state index in [1.165, 1.54) is 197 Å². The van der Waals surface area contributed by atoms with E-state index in [1.54, 1.807) is 0 Å². The van der Waals surface area contributed by atoms with Crippen LogP contribution >= 0.6 is 22.7 Å². The van der Waals surface area contributed by atoms with E-state index in [-0.39, 0.29) is 56.7 Å². The minimum atomic E-state index is -0.209.